The molecule has 33 heavy (non-hydrogen) atoms. The Labute approximate surface area is 185 Å². The molecule has 4 aromatic rings. The van der Waals surface area contributed by atoms with Gasteiger partial charge in [0.1, 0.15) is 12.4 Å². The average molecular weight is 457 g/mol. The highest BCUT2D eigenvalue weighted by Gasteiger charge is 2.30. The molecule has 0 radical (unpaired) electrons. The molecule has 2 aromatic carbocycles. The summed E-state index contributed by atoms with van der Waals surface area (Å²) in [6.07, 6.45) is -2.88. The Kier molecular flexibility index (Phi) is 5.62. The number of amides is 1. The first-order valence-electron chi connectivity index (χ1n) is 9.69. The van der Waals surface area contributed by atoms with Gasteiger partial charge in [0.25, 0.3) is 5.89 Å². The molecule has 0 spiro atoms. The molecule has 0 aliphatic rings. The molecule has 0 fully saturated rings. The number of nitrogens with two attached hydrogens (primary N) is 1. The van der Waals surface area contributed by atoms with Crippen LogP contribution in [0.4, 0.5) is 13.2 Å². The van der Waals surface area contributed by atoms with Gasteiger partial charge in [-0.25, -0.2) is 0 Å². The Morgan fingerprint density at radius 2 is 1.88 bits per heavy atom. The van der Waals surface area contributed by atoms with Crippen LogP contribution in [0, 0.1) is 6.92 Å². The molecule has 8 nitrogen and oxygen atoms in total. The molecule has 0 atom stereocenters. The molecule has 2 aromatic heterocycles. The third-order valence-electron chi connectivity index (χ3n) is 5.03. The van der Waals surface area contributed by atoms with E-state index >= 15 is 0 Å². The van der Waals surface area contributed by atoms with Crippen LogP contribution in [0.1, 0.15) is 27.2 Å². The lowest BCUT2D eigenvalue weighted by Gasteiger charge is -2.10. The summed E-state index contributed by atoms with van der Waals surface area (Å²) in [5.74, 6) is 0.248. The Hall–Kier alpha value is -4.15. The molecule has 0 aliphatic carbocycles. The van der Waals surface area contributed by atoms with Crippen LogP contribution in [0.25, 0.3) is 22.8 Å². The van der Waals surface area contributed by atoms with Crippen molar-refractivity contribution in [3.8, 4) is 28.6 Å². The van der Waals surface area contributed by atoms with E-state index in [0.717, 1.165) is 17.7 Å². The third-order valence-corrected chi connectivity index (χ3v) is 5.03. The van der Waals surface area contributed by atoms with E-state index in [9.17, 15) is 18.0 Å². The smallest absolute Gasteiger partial charge is 0.416 e. The number of carbonyl (C=O) groups excluding carboxylic acids is 1. The summed E-state index contributed by atoms with van der Waals surface area (Å²) in [6.45, 7) is 1.81. The fraction of sp³-hybridized carbons (Fsp3) is 0.182. The molecule has 0 unspecified atom stereocenters. The lowest BCUT2D eigenvalue weighted by atomic mass is 10.0. The average Bonchev–Trinajstić information content (AvgIpc) is 3.38. The van der Waals surface area contributed by atoms with E-state index in [1.807, 2.05) is 0 Å². The van der Waals surface area contributed by atoms with E-state index < -0.39 is 17.6 Å². The highest BCUT2D eigenvalue weighted by atomic mass is 19.4. The lowest BCUT2D eigenvalue weighted by Crippen LogP contribution is -2.11. The zero-order valence-electron chi connectivity index (χ0n) is 17.6. The Balaban J connectivity index is 1.55. The minimum Gasteiger partial charge on any atom is -0.487 e. The maximum Gasteiger partial charge on any atom is 0.416 e. The summed E-state index contributed by atoms with van der Waals surface area (Å²) in [5, 5.41) is 8.20. The molecule has 11 heteroatoms. The lowest BCUT2D eigenvalue weighted by molar-refractivity contribution is -0.137. The largest absolute Gasteiger partial charge is 0.487 e. The number of hydrogen-bond donors (Lipinski definition) is 1. The monoisotopic (exact) mass is 457 g/mol. The molecule has 0 saturated heterocycles. The first-order valence-corrected chi connectivity index (χ1v) is 9.69. The highest BCUT2D eigenvalue weighted by molar-refractivity contribution is 5.93. The van der Waals surface area contributed by atoms with Gasteiger partial charge in [-0.15, -0.1) is 0 Å². The summed E-state index contributed by atoms with van der Waals surface area (Å²) in [5.41, 5.74) is 7.45. The Morgan fingerprint density at radius 1 is 1.15 bits per heavy atom. The second-order valence-corrected chi connectivity index (χ2v) is 7.26. The fourth-order valence-corrected chi connectivity index (χ4v) is 3.21. The molecule has 0 saturated carbocycles. The normalized spacial score (nSPS) is 11.5. The number of nitrogens with zero attached hydrogens (tertiary/aromatic N) is 4. The summed E-state index contributed by atoms with van der Waals surface area (Å²) in [4.78, 5) is 15.8. The second-order valence-electron chi connectivity index (χ2n) is 7.26. The maximum atomic E-state index is 12.7. The van der Waals surface area contributed by atoms with Crippen LogP contribution in [-0.4, -0.2) is 25.8 Å². The number of carbonyl (C=O) groups is 1. The van der Waals surface area contributed by atoms with Gasteiger partial charge >= 0.3 is 6.18 Å². The van der Waals surface area contributed by atoms with Crippen molar-refractivity contribution in [2.75, 3.05) is 0 Å². The number of halogens is 3. The molecule has 2 N–H and O–H groups in total. The number of alkyl halides is 3. The number of hydrogen-bond acceptors (Lipinski definition) is 6. The number of ether oxygens (including phenoxy) is 1. The minimum absolute atomic E-state index is 0.0151. The molecular formula is C22H18F3N5O3. The predicted octanol–water partition coefficient (Wildman–Crippen LogP) is 4.14. The molecule has 170 valence electrons. The number of benzene rings is 2. The highest BCUT2D eigenvalue weighted by Crippen LogP contribution is 2.31. The summed E-state index contributed by atoms with van der Waals surface area (Å²) < 4.78 is 50.8. The van der Waals surface area contributed by atoms with Gasteiger partial charge in [0, 0.05) is 18.2 Å². The van der Waals surface area contributed by atoms with Crippen molar-refractivity contribution < 1.29 is 27.2 Å². The molecule has 2 heterocycles. The van der Waals surface area contributed by atoms with Crippen LogP contribution in [0.2, 0.25) is 0 Å². The van der Waals surface area contributed by atoms with Gasteiger partial charge in [0.15, 0.2) is 0 Å². The predicted molar refractivity (Wildman–Crippen MR) is 111 cm³/mol. The van der Waals surface area contributed by atoms with E-state index in [1.54, 1.807) is 36.9 Å². The van der Waals surface area contributed by atoms with Crippen molar-refractivity contribution in [2.24, 2.45) is 12.8 Å². The molecule has 4 rings (SSSR count). The number of aryl methyl sites for hydroxylation is 2. The van der Waals surface area contributed by atoms with E-state index in [2.05, 4.69) is 15.2 Å². The van der Waals surface area contributed by atoms with Gasteiger partial charge < -0.3 is 15.0 Å². The van der Waals surface area contributed by atoms with Crippen LogP contribution in [0.15, 0.2) is 53.2 Å². The topological polar surface area (TPSA) is 109 Å². The SMILES string of the molecule is Cc1cc(C(N)=O)ccc1-c1noc(-c2cnn(C)c2COc2ccc(C(F)(F)F)cc2)n1. The van der Waals surface area contributed by atoms with Gasteiger partial charge in [0.05, 0.1) is 23.0 Å². The summed E-state index contributed by atoms with van der Waals surface area (Å²) in [6, 6.07) is 9.31. The van der Waals surface area contributed by atoms with Crippen molar-refractivity contribution in [3.63, 3.8) is 0 Å². The molecule has 0 bridgehead atoms. The summed E-state index contributed by atoms with van der Waals surface area (Å²) in [7, 11) is 1.69. The maximum absolute atomic E-state index is 12.7. The van der Waals surface area contributed by atoms with E-state index in [-0.39, 0.29) is 18.2 Å². The van der Waals surface area contributed by atoms with Gasteiger partial charge in [-0.1, -0.05) is 11.2 Å². The minimum atomic E-state index is -4.41. The van der Waals surface area contributed by atoms with Crippen LogP contribution in [0.5, 0.6) is 5.75 Å². The number of aromatic nitrogens is 4. The first-order chi connectivity index (χ1) is 15.6. The number of primary amides is 1. The molecular weight excluding hydrogens is 439 g/mol. The summed E-state index contributed by atoms with van der Waals surface area (Å²) >= 11 is 0. The van der Waals surface area contributed by atoms with Crippen molar-refractivity contribution in [2.45, 2.75) is 19.7 Å². The van der Waals surface area contributed by atoms with Gasteiger partial charge in [-0.2, -0.15) is 23.3 Å². The van der Waals surface area contributed by atoms with E-state index in [0.29, 0.717) is 28.2 Å². The van der Waals surface area contributed by atoms with Crippen molar-refractivity contribution >= 4 is 5.91 Å². The quantitative estimate of drug-likeness (QED) is 0.466. The fourth-order valence-electron chi connectivity index (χ4n) is 3.21. The third kappa shape index (κ3) is 4.56. The molecule has 0 aliphatic heterocycles. The van der Waals surface area contributed by atoms with Crippen LogP contribution >= 0.6 is 0 Å². The standard InChI is InChI=1S/C22H18F3N5O3/c1-12-9-13(19(26)31)3-8-16(12)20-28-21(33-29-20)17-10-27-30(2)18(17)11-32-15-6-4-14(5-7-15)22(23,24)25/h3-10H,11H2,1-2H3,(H2,26,31). The van der Waals surface area contributed by atoms with Crippen LogP contribution in [0.3, 0.4) is 0 Å². The van der Waals surface area contributed by atoms with Crippen molar-refractivity contribution in [1.82, 2.24) is 19.9 Å². The molecule has 1 amide bonds. The van der Waals surface area contributed by atoms with Gasteiger partial charge in [-0.05, 0) is 48.9 Å². The van der Waals surface area contributed by atoms with Gasteiger partial charge in [0.2, 0.25) is 11.7 Å². The zero-order valence-corrected chi connectivity index (χ0v) is 17.6. The van der Waals surface area contributed by atoms with Crippen molar-refractivity contribution in [3.05, 3.63) is 71.0 Å². The second kappa shape index (κ2) is 8.41. The zero-order chi connectivity index (χ0) is 23.8. The van der Waals surface area contributed by atoms with Gasteiger partial charge in [-0.3, -0.25) is 9.48 Å². The van der Waals surface area contributed by atoms with Crippen LogP contribution < -0.4 is 10.5 Å². The van der Waals surface area contributed by atoms with E-state index in [1.165, 1.54) is 18.3 Å². The van der Waals surface area contributed by atoms with Crippen LogP contribution in [-0.2, 0) is 19.8 Å². The van der Waals surface area contributed by atoms with E-state index in [4.69, 9.17) is 15.0 Å². The van der Waals surface area contributed by atoms with Crippen molar-refractivity contribution in [1.29, 1.82) is 0 Å². The Bertz CT molecular complexity index is 1310. The number of rotatable bonds is 6. The first kappa shape index (κ1) is 22.1. The Morgan fingerprint density at radius 3 is 2.52 bits per heavy atom.